The molecule has 0 radical (unpaired) electrons. The van der Waals surface area contributed by atoms with Crippen LogP contribution in [0.5, 0.6) is 17.2 Å². The minimum atomic E-state index is -1.63. The maximum absolute atomic E-state index is 13.1. The van der Waals surface area contributed by atoms with Crippen LogP contribution < -0.4 is 26.8 Å². The van der Waals surface area contributed by atoms with E-state index < -0.39 is 35.3 Å². The molecule has 7 rings (SSSR count). The van der Waals surface area contributed by atoms with Crippen LogP contribution in [0.3, 0.4) is 0 Å². The number of nitrogens with one attached hydrogen (secondary N) is 2. The third kappa shape index (κ3) is 8.13. The number of amides is 6. The van der Waals surface area contributed by atoms with Crippen LogP contribution in [0.15, 0.2) is 92.2 Å². The van der Waals surface area contributed by atoms with Crippen LogP contribution in [0.1, 0.15) is 52.8 Å². The molecule has 3 heterocycles. The summed E-state index contributed by atoms with van der Waals surface area (Å²) in [6, 6.07) is 19.0. The van der Waals surface area contributed by atoms with Gasteiger partial charge in [0.25, 0.3) is 11.8 Å². The smallest absolute Gasteiger partial charge is 0.335 e. The van der Waals surface area contributed by atoms with Gasteiger partial charge >= 0.3 is 12.0 Å². The lowest BCUT2D eigenvalue weighted by atomic mass is 9.95. The van der Waals surface area contributed by atoms with E-state index in [1.807, 2.05) is 0 Å². The Bertz CT molecular complexity index is 2300. The second kappa shape index (κ2) is 15.7. The number of carboxylic acids is 1. The molecule has 4 aromatic carbocycles. The average Bonchev–Trinajstić information content (AvgIpc) is 3.79. The Morgan fingerprint density at radius 1 is 0.852 bits per heavy atom. The van der Waals surface area contributed by atoms with E-state index >= 15 is 0 Å². The number of phenols is 2. The molecular formula is C36H29Br2N5O11. The summed E-state index contributed by atoms with van der Waals surface area (Å²) in [4.78, 5) is 72.0. The number of nitrogens with two attached hydrogens (primary N) is 2. The Morgan fingerprint density at radius 2 is 1.44 bits per heavy atom. The number of methoxy groups -OCH3 is 1. The number of ether oxygens (including phenoxy) is 1. The van der Waals surface area contributed by atoms with E-state index in [0.29, 0.717) is 36.8 Å². The average molecular weight is 867 g/mol. The van der Waals surface area contributed by atoms with E-state index in [1.165, 1.54) is 60.5 Å². The molecular weight excluding hydrogens is 838 g/mol. The summed E-state index contributed by atoms with van der Waals surface area (Å²) in [5.74, 6) is -2.24. The monoisotopic (exact) mass is 865 g/mol. The molecule has 278 valence electrons. The van der Waals surface area contributed by atoms with Gasteiger partial charge in [0.15, 0.2) is 5.54 Å². The van der Waals surface area contributed by atoms with Gasteiger partial charge in [0.05, 0.1) is 28.2 Å². The van der Waals surface area contributed by atoms with E-state index in [2.05, 4.69) is 42.5 Å². The Morgan fingerprint density at radius 3 is 2.00 bits per heavy atom. The van der Waals surface area contributed by atoms with E-state index in [9.17, 15) is 28.8 Å². The first kappa shape index (κ1) is 38.8. The molecule has 0 saturated carbocycles. The van der Waals surface area contributed by atoms with Crippen LogP contribution in [-0.4, -0.2) is 69.5 Å². The standard InChI is InChI=1S/C22H18N4O6.C7H6BrNO2.C7H5BrO3/c1-31-14-4-2-12-9-26(19(28)15(12)8-14)10-22(20(29)24-21(30)25-22)17-7-13-6-11(18(23)27)3-5-16(13)32-17;8-5-3-4(7(9)11)1-2-6(5)10;8-5-3-4(7(10)11)1-2-6(5)9/h2-8H,9-10H2,1H3,(H2,23,27)(H2,24,25,29,30);1-3,10H,(H2,9,11);1-3,9H,(H,10,11)/t22-;;/m0../s1. The number of halogens is 2. The first-order chi connectivity index (χ1) is 25.5. The van der Waals surface area contributed by atoms with Gasteiger partial charge in [0, 0.05) is 28.6 Å². The van der Waals surface area contributed by atoms with E-state index in [0.717, 1.165) is 5.56 Å². The fraction of sp³-hybridized carbons (Fsp3) is 0.111. The zero-order valence-corrected chi connectivity index (χ0v) is 31.1. The third-order valence-electron chi connectivity index (χ3n) is 8.21. The highest BCUT2D eigenvalue weighted by atomic mass is 79.9. The van der Waals surface area contributed by atoms with Crippen molar-refractivity contribution in [3.63, 3.8) is 0 Å². The van der Waals surface area contributed by atoms with Gasteiger partial charge in [-0.05, 0) is 110 Å². The summed E-state index contributed by atoms with van der Waals surface area (Å²) in [6.07, 6.45) is 0. The number of aromatic carboxylic acids is 1. The number of phenolic OH excluding ortho intramolecular Hbond substituents is 2. The molecule has 16 nitrogen and oxygen atoms in total. The molecule has 1 atom stereocenters. The molecule has 0 aliphatic carbocycles. The molecule has 1 saturated heterocycles. The Balaban J connectivity index is 0.000000208. The highest BCUT2D eigenvalue weighted by molar-refractivity contribution is 9.10. The number of hydrogen-bond donors (Lipinski definition) is 7. The maximum Gasteiger partial charge on any atom is 0.335 e. The van der Waals surface area contributed by atoms with Gasteiger partial charge < -0.3 is 46.2 Å². The molecule has 18 heteroatoms. The predicted octanol–water partition coefficient (Wildman–Crippen LogP) is 4.34. The lowest BCUT2D eigenvalue weighted by Crippen LogP contribution is -2.52. The van der Waals surface area contributed by atoms with Crippen molar-refractivity contribution in [3.8, 4) is 17.2 Å². The predicted molar refractivity (Wildman–Crippen MR) is 198 cm³/mol. The largest absolute Gasteiger partial charge is 0.507 e. The number of benzene rings is 4. The topological polar surface area (TPSA) is 265 Å². The maximum atomic E-state index is 13.1. The lowest BCUT2D eigenvalue weighted by molar-refractivity contribution is -0.125. The van der Waals surface area contributed by atoms with Crippen LogP contribution >= 0.6 is 31.9 Å². The second-order valence-electron chi connectivity index (χ2n) is 11.7. The number of carboxylic acid groups (broad SMARTS) is 1. The molecule has 1 aromatic heterocycles. The highest BCUT2D eigenvalue weighted by Crippen LogP contribution is 2.35. The Hall–Kier alpha value is -6.40. The third-order valence-corrected chi connectivity index (χ3v) is 9.48. The van der Waals surface area contributed by atoms with E-state index in [1.54, 1.807) is 30.3 Å². The quantitative estimate of drug-likeness (QED) is 0.113. The van der Waals surface area contributed by atoms with Crippen molar-refractivity contribution >= 4 is 78.5 Å². The summed E-state index contributed by atoms with van der Waals surface area (Å²) in [7, 11) is 1.51. The molecule has 2 aliphatic rings. The molecule has 0 bridgehead atoms. The van der Waals surface area contributed by atoms with Crippen molar-refractivity contribution in [3.05, 3.63) is 121 Å². The van der Waals surface area contributed by atoms with Crippen LogP contribution in [0.2, 0.25) is 0 Å². The first-order valence-corrected chi connectivity index (χ1v) is 17.1. The van der Waals surface area contributed by atoms with Crippen molar-refractivity contribution < 1.29 is 53.2 Å². The number of primary amides is 2. The minimum absolute atomic E-state index is 0.0370. The summed E-state index contributed by atoms with van der Waals surface area (Å²) in [5.41, 5.74) is 11.2. The summed E-state index contributed by atoms with van der Waals surface area (Å²) in [5, 5.41) is 31.9. The molecule has 2 aliphatic heterocycles. The minimum Gasteiger partial charge on any atom is -0.507 e. The SMILES string of the molecule is COc1ccc2c(c1)C(=O)N(C[C@@]1(c3cc4cc(C(N)=O)ccc4o3)NC(=O)NC1=O)C2.NC(=O)c1ccc(O)c(Br)c1.O=C(O)c1ccc(O)c(Br)c1. The van der Waals surface area contributed by atoms with Crippen molar-refractivity contribution in [2.24, 2.45) is 11.5 Å². The number of hydrogen-bond acceptors (Lipinski definition) is 10. The number of carbonyl (C=O) groups is 6. The highest BCUT2D eigenvalue weighted by Gasteiger charge is 2.53. The molecule has 0 spiro atoms. The molecule has 5 aromatic rings. The Kier molecular flexibility index (Phi) is 11.3. The zero-order valence-electron chi connectivity index (χ0n) is 27.9. The number of furan rings is 1. The van der Waals surface area contributed by atoms with Gasteiger partial charge in [0.1, 0.15) is 28.6 Å². The molecule has 0 unspecified atom stereocenters. The molecule has 54 heavy (non-hydrogen) atoms. The van der Waals surface area contributed by atoms with Gasteiger partial charge in [-0.15, -0.1) is 0 Å². The van der Waals surface area contributed by atoms with E-state index in [4.69, 9.17) is 35.9 Å². The van der Waals surface area contributed by atoms with Crippen molar-refractivity contribution in [1.82, 2.24) is 15.5 Å². The van der Waals surface area contributed by atoms with Crippen molar-refractivity contribution in [2.45, 2.75) is 12.1 Å². The van der Waals surface area contributed by atoms with E-state index in [-0.39, 0.29) is 47.4 Å². The molecule has 6 amide bonds. The summed E-state index contributed by atoms with van der Waals surface area (Å²) < 4.78 is 11.9. The number of urea groups is 1. The molecule has 1 fully saturated rings. The second-order valence-corrected chi connectivity index (χ2v) is 13.4. The summed E-state index contributed by atoms with van der Waals surface area (Å²) >= 11 is 6.06. The van der Waals surface area contributed by atoms with Crippen LogP contribution in [0.25, 0.3) is 11.0 Å². The van der Waals surface area contributed by atoms with Crippen LogP contribution in [-0.2, 0) is 16.9 Å². The van der Waals surface area contributed by atoms with Gasteiger partial charge in [-0.2, -0.15) is 0 Å². The van der Waals surface area contributed by atoms with Gasteiger partial charge in [-0.25, -0.2) is 9.59 Å². The normalized spacial score (nSPS) is 15.6. The lowest BCUT2D eigenvalue weighted by Gasteiger charge is -2.29. The number of fused-ring (bicyclic) bond motifs is 2. The number of carbonyl (C=O) groups excluding carboxylic acids is 5. The number of imide groups is 1. The van der Waals surface area contributed by atoms with Gasteiger partial charge in [-0.1, -0.05) is 6.07 Å². The fourth-order valence-electron chi connectivity index (χ4n) is 5.44. The van der Waals surface area contributed by atoms with Crippen molar-refractivity contribution in [1.29, 1.82) is 0 Å². The molecule has 9 N–H and O–H groups in total. The summed E-state index contributed by atoms with van der Waals surface area (Å²) in [6.45, 7) is 0.109. The van der Waals surface area contributed by atoms with Crippen molar-refractivity contribution in [2.75, 3.05) is 13.7 Å². The van der Waals surface area contributed by atoms with Crippen LogP contribution in [0, 0.1) is 0 Å². The zero-order chi connectivity index (χ0) is 39.5. The van der Waals surface area contributed by atoms with Gasteiger partial charge in [0.2, 0.25) is 11.8 Å². The van der Waals surface area contributed by atoms with Gasteiger partial charge in [-0.3, -0.25) is 24.5 Å². The Labute approximate surface area is 321 Å². The number of nitrogens with zero attached hydrogens (tertiary/aromatic N) is 1. The number of aromatic hydroxyl groups is 2. The fourth-order valence-corrected chi connectivity index (χ4v) is 6.20. The first-order valence-electron chi connectivity index (χ1n) is 15.5. The van der Waals surface area contributed by atoms with Crippen LogP contribution in [0.4, 0.5) is 4.79 Å². The number of rotatable bonds is 7.